The number of thioether (sulfide) groups is 1. The molecule has 0 saturated heterocycles. The summed E-state index contributed by atoms with van der Waals surface area (Å²) < 4.78 is 0. The standard InChI is InChI=1S/C22H25N3OS2/c1-4-25(5-2)20-10-8-18(9-11-20)24-22(26)17-6-12-21(13-7-17)28-15-19-14-27-16(3)23-19/h6-14H,4-5,15H2,1-3H3,(H,24,26). The molecule has 0 aliphatic heterocycles. The first-order valence-corrected chi connectivity index (χ1v) is 11.3. The van der Waals surface area contributed by atoms with Gasteiger partial charge < -0.3 is 10.2 Å². The lowest BCUT2D eigenvalue weighted by Gasteiger charge is -2.21. The Morgan fingerprint density at radius 1 is 1.07 bits per heavy atom. The van der Waals surface area contributed by atoms with Crippen LogP contribution in [0.1, 0.15) is 34.9 Å². The Kier molecular flexibility index (Phi) is 7.12. The molecule has 6 heteroatoms. The molecule has 0 atom stereocenters. The predicted molar refractivity (Wildman–Crippen MR) is 121 cm³/mol. The molecule has 0 bridgehead atoms. The smallest absolute Gasteiger partial charge is 0.255 e. The van der Waals surface area contributed by atoms with E-state index in [1.165, 1.54) is 5.69 Å². The third-order valence-electron chi connectivity index (χ3n) is 4.42. The van der Waals surface area contributed by atoms with E-state index in [4.69, 9.17) is 0 Å². The van der Waals surface area contributed by atoms with E-state index >= 15 is 0 Å². The molecule has 3 aromatic rings. The number of hydrogen-bond donors (Lipinski definition) is 1. The van der Waals surface area contributed by atoms with Crippen LogP contribution in [-0.4, -0.2) is 24.0 Å². The molecule has 1 amide bonds. The van der Waals surface area contributed by atoms with Gasteiger partial charge in [0.2, 0.25) is 0 Å². The Hall–Kier alpha value is -2.31. The van der Waals surface area contributed by atoms with Crippen LogP contribution in [0.4, 0.5) is 11.4 Å². The van der Waals surface area contributed by atoms with Crippen molar-refractivity contribution in [3.05, 3.63) is 70.2 Å². The van der Waals surface area contributed by atoms with E-state index in [2.05, 4.69) is 34.4 Å². The van der Waals surface area contributed by atoms with Gasteiger partial charge in [0.1, 0.15) is 0 Å². The first-order chi connectivity index (χ1) is 13.6. The van der Waals surface area contributed by atoms with Crippen LogP contribution in [0.5, 0.6) is 0 Å². The second kappa shape index (κ2) is 9.75. The van der Waals surface area contributed by atoms with Crippen LogP contribution < -0.4 is 10.2 Å². The molecule has 146 valence electrons. The fraction of sp³-hybridized carbons (Fsp3) is 0.273. The molecule has 1 N–H and O–H groups in total. The summed E-state index contributed by atoms with van der Waals surface area (Å²) in [5, 5.41) is 6.15. The van der Waals surface area contributed by atoms with E-state index in [9.17, 15) is 4.79 Å². The van der Waals surface area contributed by atoms with Crippen molar-refractivity contribution < 1.29 is 4.79 Å². The lowest BCUT2D eigenvalue weighted by Crippen LogP contribution is -2.21. The van der Waals surface area contributed by atoms with Crippen LogP contribution in [0.25, 0.3) is 0 Å². The van der Waals surface area contributed by atoms with Crippen LogP contribution in [0.3, 0.4) is 0 Å². The van der Waals surface area contributed by atoms with Crippen molar-refractivity contribution >= 4 is 40.4 Å². The van der Waals surface area contributed by atoms with Gasteiger partial charge in [0.25, 0.3) is 5.91 Å². The van der Waals surface area contributed by atoms with Crippen LogP contribution in [0, 0.1) is 6.92 Å². The average molecular weight is 412 g/mol. The van der Waals surface area contributed by atoms with Gasteiger partial charge >= 0.3 is 0 Å². The van der Waals surface area contributed by atoms with Crippen LogP contribution in [-0.2, 0) is 5.75 Å². The highest BCUT2D eigenvalue weighted by Gasteiger charge is 2.08. The van der Waals surface area contributed by atoms with Crippen molar-refractivity contribution in [3.8, 4) is 0 Å². The number of amides is 1. The first-order valence-electron chi connectivity index (χ1n) is 9.39. The minimum atomic E-state index is -0.0951. The zero-order valence-electron chi connectivity index (χ0n) is 16.4. The van der Waals surface area contributed by atoms with Crippen molar-refractivity contribution in [2.75, 3.05) is 23.3 Å². The molecule has 3 rings (SSSR count). The fourth-order valence-corrected chi connectivity index (χ4v) is 4.39. The first kappa shape index (κ1) is 20.4. The van der Waals surface area contributed by atoms with Crippen molar-refractivity contribution in [3.63, 3.8) is 0 Å². The minimum absolute atomic E-state index is 0.0951. The van der Waals surface area contributed by atoms with Crippen molar-refractivity contribution in [1.29, 1.82) is 0 Å². The Morgan fingerprint density at radius 3 is 2.32 bits per heavy atom. The molecule has 4 nitrogen and oxygen atoms in total. The zero-order valence-corrected chi connectivity index (χ0v) is 18.1. The summed E-state index contributed by atoms with van der Waals surface area (Å²) >= 11 is 3.40. The lowest BCUT2D eigenvalue weighted by molar-refractivity contribution is 0.102. The maximum Gasteiger partial charge on any atom is 0.255 e. The molecule has 0 unspecified atom stereocenters. The molecule has 0 spiro atoms. The van der Waals surface area contributed by atoms with E-state index in [1.54, 1.807) is 23.1 Å². The van der Waals surface area contributed by atoms with E-state index in [0.29, 0.717) is 5.56 Å². The van der Waals surface area contributed by atoms with Crippen molar-refractivity contribution in [1.82, 2.24) is 4.98 Å². The Labute approximate surface area is 175 Å². The number of carbonyl (C=O) groups is 1. The number of carbonyl (C=O) groups excluding carboxylic acids is 1. The van der Waals surface area contributed by atoms with E-state index in [1.807, 2.05) is 55.5 Å². The Bertz CT molecular complexity index is 900. The van der Waals surface area contributed by atoms with Crippen molar-refractivity contribution in [2.24, 2.45) is 0 Å². The van der Waals surface area contributed by atoms with Gasteiger partial charge in [-0.1, -0.05) is 0 Å². The molecule has 0 radical (unpaired) electrons. The highest BCUT2D eigenvalue weighted by Crippen LogP contribution is 2.24. The molecule has 28 heavy (non-hydrogen) atoms. The van der Waals surface area contributed by atoms with E-state index in [-0.39, 0.29) is 5.91 Å². The van der Waals surface area contributed by atoms with Gasteiger partial charge in [0.15, 0.2) is 0 Å². The Morgan fingerprint density at radius 2 is 1.75 bits per heavy atom. The second-order valence-electron chi connectivity index (χ2n) is 6.34. The number of anilines is 2. The molecule has 0 saturated carbocycles. The molecule has 1 aromatic heterocycles. The van der Waals surface area contributed by atoms with Crippen LogP contribution >= 0.6 is 23.1 Å². The van der Waals surface area contributed by atoms with Gasteiger partial charge in [-0.2, -0.15) is 0 Å². The van der Waals surface area contributed by atoms with Gasteiger partial charge in [-0.3, -0.25) is 4.79 Å². The number of rotatable bonds is 8. The fourth-order valence-electron chi connectivity index (χ4n) is 2.88. The largest absolute Gasteiger partial charge is 0.372 e. The quantitative estimate of drug-likeness (QED) is 0.473. The average Bonchev–Trinajstić information content (AvgIpc) is 3.14. The minimum Gasteiger partial charge on any atom is -0.372 e. The van der Waals surface area contributed by atoms with Gasteiger partial charge in [-0.25, -0.2) is 4.98 Å². The number of hydrogen-bond acceptors (Lipinski definition) is 5. The number of nitrogens with zero attached hydrogens (tertiary/aromatic N) is 2. The molecular weight excluding hydrogens is 386 g/mol. The SMILES string of the molecule is CCN(CC)c1ccc(NC(=O)c2ccc(SCc3csc(C)n3)cc2)cc1. The highest BCUT2D eigenvalue weighted by molar-refractivity contribution is 7.98. The van der Waals surface area contributed by atoms with Gasteiger partial charge in [-0.15, -0.1) is 23.1 Å². The summed E-state index contributed by atoms with van der Waals surface area (Å²) in [6.45, 7) is 8.23. The number of thiazole rings is 1. The number of benzene rings is 2. The second-order valence-corrected chi connectivity index (χ2v) is 8.46. The van der Waals surface area contributed by atoms with Gasteiger partial charge in [-0.05, 0) is 69.3 Å². The third kappa shape index (κ3) is 5.36. The number of nitrogens with one attached hydrogen (secondary N) is 1. The molecule has 0 aliphatic carbocycles. The van der Waals surface area contributed by atoms with E-state index < -0.39 is 0 Å². The molecule has 2 aromatic carbocycles. The van der Waals surface area contributed by atoms with Gasteiger partial charge in [0.05, 0.1) is 10.7 Å². The zero-order chi connectivity index (χ0) is 19.9. The third-order valence-corrected chi connectivity index (χ3v) is 6.29. The molecule has 0 fully saturated rings. The van der Waals surface area contributed by atoms with Crippen molar-refractivity contribution in [2.45, 2.75) is 31.4 Å². The predicted octanol–water partition coefficient (Wildman–Crippen LogP) is 5.84. The number of aryl methyl sites for hydroxylation is 1. The summed E-state index contributed by atoms with van der Waals surface area (Å²) in [5.41, 5.74) is 3.72. The van der Waals surface area contributed by atoms with E-state index in [0.717, 1.165) is 40.1 Å². The Balaban J connectivity index is 1.56. The maximum absolute atomic E-state index is 12.5. The summed E-state index contributed by atoms with van der Waals surface area (Å²) in [5.74, 6) is 0.747. The number of aromatic nitrogens is 1. The summed E-state index contributed by atoms with van der Waals surface area (Å²) in [7, 11) is 0. The molecule has 1 heterocycles. The normalized spacial score (nSPS) is 10.7. The molecular formula is C22H25N3OS2. The summed E-state index contributed by atoms with van der Waals surface area (Å²) in [6.07, 6.45) is 0. The van der Waals surface area contributed by atoms with Crippen LogP contribution in [0.15, 0.2) is 58.8 Å². The molecule has 0 aliphatic rings. The van der Waals surface area contributed by atoms with Crippen LogP contribution in [0.2, 0.25) is 0 Å². The summed E-state index contributed by atoms with van der Waals surface area (Å²) in [6, 6.07) is 15.7. The monoisotopic (exact) mass is 411 g/mol. The maximum atomic E-state index is 12.5. The lowest BCUT2D eigenvalue weighted by atomic mass is 10.2. The summed E-state index contributed by atoms with van der Waals surface area (Å²) in [4.78, 5) is 20.4. The highest BCUT2D eigenvalue weighted by atomic mass is 32.2. The topological polar surface area (TPSA) is 45.2 Å². The van der Waals surface area contributed by atoms with Gasteiger partial charge in [0, 0.05) is 46.1 Å².